The molecule has 72 valence electrons. The summed E-state index contributed by atoms with van der Waals surface area (Å²) in [6.07, 6.45) is 3.76. The van der Waals surface area contributed by atoms with Crippen molar-refractivity contribution in [2.24, 2.45) is 0 Å². The monoisotopic (exact) mass is 181 g/mol. The molecule has 1 rings (SSSR count). The maximum Gasteiger partial charge on any atom is 0.216 e. The van der Waals surface area contributed by atoms with Crippen LogP contribution >= 0.6 is 0 Å². The molecule has 13 heavy (non-hydrogen) atoms. The van der Waals surface area contributed by atoms with E-state index >= 15 is 0 Å². The Balaban J connectivity index is 2.20. The van der Waals surface area contributed by atoms with Gasteiger partial charge in [-0.2, -0.15) is 5.10 Å². The minimum atomic E-state index is 0.0314. The van der Waals surface area contributed by atoms with Crippen molar-refractivity contribution in [3.05, 3.63) is 17.5 Å². The highest BCUT2D eigenvalue weighted by atomic mass is 16.1. The fraction of sp³-hybridized carbons (Fsp3) is 0.556. The molecule has 0 bridgehead atoms. The molecule has 0 aromatic carbocycles. The average Bonchev–Trinajstić information content (AvgIpc) is 2.45. The molecule has 1 heterocycles. The van der Waals surface area contributed by atoms with Gasteiger partial charge in [0.2, 0.25) is 5.91 Å². The highest BCUT2D eigenvalue weighted by Crippen LogP contribution is 2.04. The normalized spacial score (nSPS) is 10.0. The first-order valence-electron chi connectivity index (χ1n) is 4.43. The van der Waals surface area contributed by atoms with Crippen LogP contribution in [-0.2, 0) is 11.2 Å². The smallest absolute Gasteiger partial charge is 0.216 e. The molecular formula is C9H15N3O. The molecule has 1 aromatic rings. The van der Waals surface area contributed by atoms with Gasteiger partial charge >= 0.3 is 0 Å². The number of hydrogen-bond donors (Lipinski definition) is 2. The van der Waals surface area contributed by atoms with Crippen molar-refractivity contribution in [3.8, 4) is 0 Å². The summed E-state index contributed by atoms with van der Waals surface area (Å²) in [4.78, 5) is 10.5. The summed E-state index contributed by atoms with van der Waals surface area (Å²) in [5, 5.41) is 9.56. The summed E-state index contributed by atoms with van der Waals surface area (Å²) in [5.41, 5.74) is 2.34. The lowest BCUT2D eigenvalue weighted by Gasteiger charge is -2.00. The first kappa shape index (κ1) is 9.77. The van der Waals surface area contributed by atoms with Crippen LogP contribution in [0.15, 0.2) is 6.20 Å². The van der Waals surface area contributed by atoms with E-state index in [1.54, 1.807) is 0 Å². The zero-order valence-corrected chi connectivity index (χ0v) is 8.05. The number of rotatable bonds is 4. The van der Waals surface area contributed by atoms with Crippen LogP contribution in [0.5, 0.6) is 0 Å². The third kappa shape index (κ3) is 3.27. The van der Waals surface area contributed by atoms with Crippen molar-refractivity contribution >= 4 is 5.91 Å². The van der Waals surface area contributed by atoms with Crippen LogP contribution in [0.3, 0.4) is 0 Å². The fourth-order valence-electron chi connectivity index (χ4n) is 1.17. The predicted molar refractivity (Wildman–Crippen MR) is 50.3 cm³/mol. The van der Waals surface area contributed by atoms with Crippen LogP contribution in [0.25, 0.3) is 0 Å². The predicted octanol–water partition coefficient (Wildman–Crippen LogP) is 0.787. The van der Waals surface area contributed by atoms with Crippen molar-refractivity contribution in [1.29, 1.82) is 0 Å². The van der Waals surface area contributed by atoms with Gasteiger partial charge in [-0.05, 0) is 25.3 Å². The molecule has 0 saturated heterocycles. The molecule has 4 heteroatoms. The largest absolute Gasteiger partial charge is 0.356 e. The number of H-pyrrole nitrogens is 1. The third-order valence-corrected chi connectivity index (χ3v) is 1.93. The van der Waals surface area contributed by atoms with Crippen LogP contribution < -0.4 is 5.32 Å². The number of aryl methyl sites for hydroxylation is 2. The molecular weight excluding hydrogens is 166 g/mol. The maximum absolute atomic E-state index is 10.5. The average molecular weight is 181 g/mol. The van der Waals surface area contributed by atoms with E-state index in [2.05, 4.69) is 15.5 Å². The van der Waals surface area contributed by atoms with Crippen LogP contribution in [-0.4, -0.2) is 22.6 Å². The van der Waals surface area contributed by atoms with Crippen LogP contribution in [0.4, 0.5) is 0 Å². The minimum Gasteiger partial charge on any atom is -0.356 e. The van der Waals surface area contributed by atoms with Gasteiger partial charge in [-0.15, -0.1) is 0 Å². The van der Waals surface area contributed by atoms with Gasteiger partial charge in [0, 0.05) is 19.2 Å². The summed E-state index contributed by atoms with van der Waals surface area (Å²) in [6.45, 7) is 4.27. The molecule has 0 radical (unpaired) electrons. The van der Waals surface area contributed by atoms with E-state index in [9.17, 15) is 4.79 Å². The van der Waals surface area contributed by atoms with Crippen molar-refractivity contribution in [2.75, 3.05) is 6.54 Å². The van der Waals surface area contributed by atoms with Crippen molar-refractivity contribution in [2.45, 2.75) is 26.7 Å². The molecule has 2 N–H and O–H groups in total. The van der Waals surface area contributed by atoms with Gasteiger partial charge in [-0.3, -0.25) is 9.89 Å². The second-order valence-corrected chi connectivity index (χ2v) is 3.11. The lowest BCUT2D eigenvalue weighted by molar-refractivity contribution is -0.118. The number of aromatic nitrogens is 2. The highest BCUT2D eigenvalue weighted by Gasteiger charge is 1.99. The lowest BCUT2D eigenvalue weighted by atomic mass is 10.1. The second-order valence-electron chi connectivity index (χ2n) is 3.11. The molecule has 0 aliphatic heterocycles. The minimum absolute atomic E-state index is 0.0314. The van der Waals surface area contributed by atoms with Crippen molar-refractivity contribution in [3.63, 3.8) is 0 Å². The molecule has 1 aromatic heterocycles. The number of carbonyl (C=O) groups is 1. The molecule has 0 spiro atoms. The van der Waals surface area contributed by atoms with Crippen molar-refractivity contribution < 1.29 is 4.79 Å². The first-order chi connectivity index (χ1) is 6.20. The number of amides is 1. The molecule has 0 fully saturated rings. The first-order valence-corrected chi connectivity index (χ1v) is 4.43. The fourth-order valence-corrected chi connectivity index (χ4v) is 1.17. The van der Waals surface area contributed by atoms with E-state index in [0.717, 1.165) is 25.1 Å². The summed E-state index contributed by atoms with van der Waals surface area (Å²) in [7, 11) is 0. The van der Waals surface area contributed by atoms with E-state index in [1.807, 2.05) is 13.1 Å². The van der Waals surface area contributed by atoms with Gasteiger partial charge in [0.15, 0.2) is 0 Å². The maximum atomic E-state index is 10.5. The van der Waals surface area contributed by atoms with Gasteiger partial charge < -0.3 is 5.32 Å². The Morgan fingerprint density at radius 1 is 1.69 bits per heavy atom. The number of carbonyl (C=O) groups excluding carboxylic acids is 1. The number of hydrogen-bond acceptors (Lipinski definition) is 2. The van der Waals surface area contributed by atoms with Gasteiger partial charge in [0.05, 0.1) is 6.20 Å². The summed E-state index contributed by atoms with van der Waals surface area (Å²) < 4.78 is 0. The molecule has 0 atom stereocenters. The molecule has 0 unspecified atom stereocenters. The van der Waals surface area contributed by atoms with Gasteiger partial charge in [-0.1, -0.05) is 0 Å². The van der Waals surface area contributed by atoms with Crippen LogP contribution in [0, 0.1) is 6.92 Å². The number of aromatic amines is 1. The molecule has 0 aliphatic carbocycles. The van der Waals surface area contributed by atoms with E-state index in [1.165, 1.54) is 12.5 Å². The number of nitrogens with zero attached hydrogens (tertiary/aromatic N) is 1. The van der Waals surface area contributed by atoms with Gasteiger partial charge in [0.25, 0.3) is 0 Å². The lowest BCUT2D eigenvalue weighted by Crippen LogP contribution is -2.21. The van der Waals surface area contributed by atoms with E-state index in [-0.39, 0.29) is 5.91 Å². The summed E-state index contributed by atoms with van der Waals surface area (Å²) >= 11 is 0. The Kier molecular flexibility index (Phi) is 3.49. The zero-order valence-electron chi connectivity index (χ0n) is 8.05. The molecule has 4 nitrogen and oxygen atoms in total. The Hall–Kier alpha value is -1.32. The third-order valence-electron chi connectivity index (χ3n) is 1.93. The van der Waals surface area contributed by atoms with E-state index in [0.29, 0.717) is 0 Å². The van der Waals surface area contributed by atoms with E-state index < -0.39 is 0 Å². The topological polar surface area (TPSA) is 57.8 Å². The van der Waals surface area contributed by atoms with Crippen molar-refractivity contribution in [1.82, 2.24) is 15.5 Å². The quantitative estimate of drug-likeness (QED) is 0.674. The van der Waals surface area contributed by atoms with Gasteiger partial charge in [-0.25, -0.2) is 0 Å². The zero-order chi connectivity index (χ0) is 9.68. The van der Waals surface area contributed by atoms with Crippen LogP contribution in [0.1, 0.15) is 24.6 Å². The highest BCUT2D eigenvalue weighted by molar-refractivity contribution is 5.72. The second kappa shape index (κ2) is 4.64. The van der Waals surface area contributed by atoms with Gasteiger partial charge in [0.1, 0.15) is 0 Å². The Morgan fingerprint density at radius 3 is 3.00 bits per heavy atom. The summed E-state index contributed by atoms with van der Waals surface area (Å²) in [5.74, 6) is 0.0314. The Bertz CT molecular complexity index is 280. The van der Waals surface area contributed by atoms with E-state index in [4.69, 9.17) is 0 Å². The standard InChI is InChI=1S/C9H15N3O/c1-7-9(6-11-12-7)4-3-5-10-8(2)13/h6H,3-5H2,1-2H3,(H,10,13)(H,11,12). The SMILES string of the molecule is CC(=O)NCCCc1cn[nH]c1C. The molecule has 0 saturated carbocycles. The Labute approximate surface area is 77.7 Å². The Morgan fingerprint density at radius 2 is 2.46 bits per heavy atom. The summed E-state index contributed by atoms with van der Waals surface area (Å²) in [6, 6.07) is 0. The molecule has 1 amide bonds. The van der Waals surface area contributed by atoms with Crippen LogP contribution in [0.2, 0.25) is 0 Å². The molecule has 0 aliphatic rings. The number of nitrogens with one attached hydrogen (secondary N) is 2.